The number of furan rings is 1. The molecule has 2 aromatic carbocycles. The van der Waals surface area contributed by atoms with Crippen LogP contribution in [0.15, 0.2) is 65.1 Å². The second-order valence-electron chi connectivity index (χ2n) is 9.82. The van der Waals surface area contributed by atoms with Crippen molar-refractivity contribution < 1.29 is 14.0 Å². The Morgan fingerprint density at radius 3 is 2.34 bits per heavy atom. The highest BCUT2D eigenvalue weighted by Gasteiger charge is 2.24. The number of benzene rings is 2. The molecule has 1 aliphatic rings. The van der Waals surface area contributed by atoms with Crippen LogP contribution in [0.3, 0.4) is 0 Å². The molecule has 2 heterocycles. The van der Waals surface area contributed by atoms with Crippen LogP contribution in [0.1, 0.15) is 46.7 Å². The average Bonchev–Trinajstić information content (AvgIpc) is 3.35. The highest BCUT2D eigenvalue weighted by atomic mass is 35.5. The maximum Gasteiger partial charge on any atom is 0.254 e. The summed E-state index contributed by atoms with van der Waals surface area (Å²) in [4.78, 5) is 33.1. The zero-order valence-corrected chi connectivity index (χ0v) is 23.4. The average molecular weight is 557 g/mol. The zero-order chi connectivity index (χ0) is 26.9. The van der Waals surface area contributed by atoms with E-state index in [4.69, 9.17) is 27.6 Å². The summed E-state index contributed by atoms with van der Waals surface area (Å²) in [5.41, 5.74) is 1.57. The molecule has 0 atom stereocenters. The molecule has 1 aromatic heterocycles. The number of hydrogen-bond donors (Lipinski definition) is 0. The lowest BCUT2D eigenvalue weighted by molar-refractivity contribution is -0.132. The zero-order valence-electron chi connectivity index (χ0n) is 21.9. The van der Waals surface area contributed by atoms with Gasteiger partial charge in [0.15, 0.2) is 0 Å². The molecule has 38 heavy (non-hydrogen) atoms. The van der Waals surface area contributed by atoms with Crippen molar-refractivity contribution in [2.75, 3.05) is 39.3 Å². The van der Waals surface area contributed by atoms with Crippen LogP contribution in [0.4, 0.5) is 0 Å². The van der Waals surface area contributed by atoms with Gasteiger partial charge in [-0.25, -0.2) is 0 Å². The summed E-state index contributed by atoms with van der Waals surface area (Å²) in [5, 5.41) is 0.706. The number of rotatable bonds is 11. The Kier molecular flexibility index (Phi) is 10.3. The van der Waals surface area contributed by atoms with Crippen LogP contribution in [-0.2, 0) is 17.8 Å². The minimum atomic E-state index is -0.231. The summed E-state index contributed by atoms with van der Waals surface area (Å²) < 4.78 is 5.78. The first-order valence-corrected chi connectivity index (χ1v) is 14.0. The highest BCUT2D eigenvalue weighted by Crippen LogP contribution is 2.23. The van der Waals surface area contributed by atoms with Crippen LogP contribution < -0.4 is 0 Å². The number of carbonyl (C=O) groups is 2. The molecular weight excluding hydrogens is 521 g/mol. The Labute approximate surface area is 235 Å². The fourth-order valence-corrected chi connectivity index (χ4v) is 5.03. The summed E-state index contributed by atoms with van der Waals surface area (Å²) in [5.74, 6) is 1.17. The van der Waals surface area contributed by atoms with Gasteiger partial charge in [0.2, 0.25) is 5.91 Å². The minimum absolute atomic E-state index is 0.0264. The number of hydrogen-bond acceptors (Lipinski definition) is 4. The number of halogens is 2. The highest BCUT2D eigenvalue weighted by molar-refractivity contribution is 6.42. The molecule has 0 radical (unpaired) electrons. The molecule has 3 aromatic rings. The normalized spacial score (nSPS) is 13.9. The van der Waals surface area contributed by atoms with Gasteiger partial charge in [-0.05, 0) is 75.2 Å². The topological polar surface area (TPSA) is 57.0 Å². The molecule has 1 aliphatic heterocycles. The number of amides is 2. The van der Waals surface area contributed by atoms with E-state index in [1.54, 1.807) is 28.0 Å². The Morgan fingerprint density at radius 1 is 0.895 bits per heavy atom. The molecule has 8 heteroatoms. The van der Waals surface area contributed by atoms with Gasteiger partial charge in [-0.15, -0.1) is 0 Å². The minimum Gasteiger partial charge on any atom is -0.464 e. The van der Waals surface area contributed by atoms with Crippen molar-refractivity contribution in [1.82, 2.24) is 14.7 Å². The summed E-state index contributed by atoms with van der Waals surface area (Å²) in [6.07, 6.45) is 4.27. The maximum atomic E-state index is 13.7. The third-order valence-electron chi connectivity index (χ3n) is 6.92. The Balaban J connectivity index is 1.51. The molecule has 202 valence electrons. The van der Waals surface area contributed by atoms with Gasteiger partial charge < -0.3 is 19.1 Å². The molecule has 1 saturated heterocycles. The molecule has 0 N–H and O–H groups in total. The molecule has 1 fully saturated rings. The Morgan fingerprint density at radius 2 is 1.66 bits per heavy atom. The smallest absolute Gasteiger partial charge is 0.254 e. The molecule has 2 amide bonds. The van der Waals surface area contributed by atoms with Crippen molar-refractivity contribution in [3.8, 4) is 0 Å². The predicted molar refractivity (Wildman–Crippen MR) is 152 cm³/mol. The Hall–Kier alpha value is -2.80. The van der Waals surface area contributed by atoms with E-state index in [0.29, 0.717) is 41.7 Å². The first-order chi connectivity index (χ1) is 18.4. The molecular formula is C30H35Cl2N3O3. The molecule has 0 spiro atoms. The SMILES string of the molecule is Cc1ccc(CN(CCc2ccccc2)C(=O)CN(CCN2CCCCC2)C(=O)c2ccc(Cl)c(Cl)c2)o1. The lowest BCUT2D eigenvalue weighted by Crippen LogP contribution is -2.46. The summed E-state index contributed by atoms with van der Waals surface area (Å²) >= 11 is 12.3. The van der Waals surface area contributed by atoms with E-state index < -0.39 is 0 Å². The summed E-state index contributed by atoms with van der Waals surface area (Å²) in [7, 11) is 0. The number of aryl methyl sites for hydroxylation is 1. The van der Waals surface area contributed by atoms with E-state index in [9.17, 15) is 9.59 Å². The maximum absolute atomic E-state index is 13.7. The fourth-order valence-electron chi connectivity index (χ4n) is 4.73. The molecule has 6 nitrogen and oxygen atoms in total. The standard InChI is InChI=1S/C30H35Cl2N3O3/c1-23-10-12-26(38-23)21-34(17-14-24-8-4-2-5-9-24)29(36)22-35(19-18-33-15-6-3-7-16-33)30(37)25-11-13-27(31)28(32)20-25/h2,4-5,8-13,20H,3,6-7,14-19,21-22H2,1H3. The number of carbonyl (C=O) groups excluding carboxylic acids is 2. The summed E-state index contributed by atoms with van der Waals surface area (Å²) in [6, 6.07) is 18.7. The second kappa shape index (κ2) is 13.8. The van der Waals surface area contributed by atoms with E-state index in [2.05, 4.69) is 17.0 Å². The van der Waals surface area contributed by atoms with Gasteiger partial charge in [0, 0.05) is 25.2 Å². The molecule has 0 aliphatic carbocycles. The lowest BCUT2D eigenvalue weighted by atomic mass is 10.1. The van der Waals surface area contributed by atoms with E-state index in [1.807, 2.05) is 37.3 Å². The summed E-state index contributed by atoms with van der Waals surface area (Å²) in [6.45, 7) is 5.94. The van der Waals surface area contributed by atoms with Gasteiger partial charge in [-0.1, -0.05) is 60.0 Å². The van der Waals surface area contributed by atoms with E-state index >= 15 is 0 Å². The molecule has 0 saturated carbocycles. The van der Waals surface area contributed by atoms with E-state index in [1.165, 1.54) is 6.42 Å². The first kappa shape index (κ1) is 28.2. The van der Waals surface area contributed by atoms with Gasteiger partial charge in [0.05, 0.1) is 16.6 Å². The second-order valence-corrected chi connectivity index (χ2v) is 10.6. The van der Waals surface area contributed by atoms with Crippen molar-refractivity contribution in [2.45, 2.75) is 39.2 Å². The Bertz CT molecular complexity index is 1210. The number of likely N-dealkylation sites (tertiary alicyclic amines) is 1. The van der Waals surface area contributed by atoms with E-state index in [-0.39, 0.29) is 18.4 Å². The van der Waals surface area contributed by atoms with Gasteiger partial charge in [-0.2, -0.15) is 0 Å². The third kappa shape index (κ3) is 8.10. The molecule has 0 unspecified atom stereocenters. The van der Waals surface area contributed by atoms with Crippen LogP contribution in [0.5, 0.6) is 0 Å². The molecule has 4 rings (SSSR count). The first-order valence-electron chi connectivity index (χ1n) is 13.2. The van der Waals surface area contributed by atoms with Crippen molar-refractivity contribution in [3.05, 3.63) is 93.4 Å². The van der Waals surface area contributed by atoms with Crippen LogP contribution in [0, 0.1) is 6.92 Å². The van der Waals surface area contributed by atoms with Gasteiger partial charge >= 0.3 is 0 Å². The van der Waals surface area contributed by atoms with Crippen LogP contribution >= 0.6 is 23.2 Å². The van der Waals surface area contributed by atoms with Gasteiger partial charge in [0.1, 0.15) is 18.1 Å². The quantitative estimate of drug-likeness (QED) is 0.287. The fraction of sp³-hybridized carbons (Fsp3) is 0.400. The van der Waals surface area contributed by atoms with Crippen molar-refractivity contribution in [2.24, 2.45) is 0 Å². The molecule has 0 bridgehead atoms. The predicted octanol–water partition coefficient (Wildman–Crippen LogP) is 6.09. The van der Waals surface area contributed by atoms with Crippen LogP contribution in [0.2, 0.25) is 10.0 Å². The number of nitrogens with zero attached hydrogens (tertiary/aromatic N) is 3. The van der Waals surface area contributed by atoms with Crippen LogP contribution in [-0.4, -0.2) is 65.8 Å². The van der Waals surface area contributed by atoms with Crippen molar-refractivity contribution in [3.63, 3.8) is 0 Å². The van der Waals surface area contributed by atoms with Crippen molar-refractivity contribution in [1.29, 1.82) is 0 Å². The van der Waals surface area contributed by atoms with Crippen LogP contribution in [0.25, 0.3) is 0 Å². The third-order valence-corrected chi connectivity index (χ3v) is 7.66. The van der Waals surface area contributed by atoms with E-state index in [0.717, 1.165) is 49.6 Å². The lowest BCUT2D eigenvalue weighted by Gasteiger charge is -2.31. The number of piperidine rings is 1. The largest absolute Gasteiger partial charge is 0.464 e. The monoisotopic (exact) mass is 555 g/mol. The van der Waals surface area contributed by atoms with Crippen molar-refractivity contribution >= 4 is 35.0 Å². The van der Waals surface area contributed by atoms with Gasteiger partial charge in [-0.3, -0.25) is 9.59 Å². The van der Waals surface area contributed by atoms with Gasteiger partial charge in [0.25, 0.3) is 5.91 Å².